The number of hydrogen-bond acceptors (Lipinski definition) is 2. The zero-order valence-corrected chi connectivity index (χ0v) is 13.8. The van der Waals surface area contributed by atoms with Crippen LogP contribution in [0, 0.1) is 5.92 Å². The third kappa shape index (κ3) is 4.22. The standard InChI is InChI=1S/C16H25BrN2/c1-12(2)18-10-14-7-8-15(9-16(14)17)19(3)11-13-5-4-6-13/h7-9,12-13,18H,4-6,10-11H2,1-3H3. The lowest BCUT2D eigenvalue weighted by atomic mass is 9.85. The molecule has 0 radical (unpaired) electrons. The van der Waals surface area contributed by atoms with Crippen LogP contribution in [-0.2, 0) is 6.54 Å². The number of nitrogens with one attached hydrogen (secondary N) is 1. The largest absolute Gasteiger partial charge is 0.374 e. The number of hydrogen-bond donors (Lipinski definition) is 1. The minimum atomic E-state index is 0.521. The molecule has 106 valence electrons. The first-order chi connectivity index (χ1) is 9.06. The van der Waals surface area contributed by atoms with Gasteiger partial charge < -0.3 is 10.2 Å². The fourth-order valence-electron chi connectivity index (χ4n) is 2.40. The van der Waals surface area contributed by atoms with E-state index in [1.807, 2.05) is 0 Å². The van der Waals surface area contributed by atoms with Crippen molar-refractivity contribution in [3.05, 3.63) is 28.2 Å². The lowest BCUT2D eigenvalue weighted by molar-refractivity contribution is 0.321. The molecule has 1 N–H and O–H groups in total. The highest BCUT2D eigenvalue weighted by molar-refractivity contribution is 9.10. The summed E-state index contributed by atoms with van der Waals surface area (Å²) in [5.41, 5.74) is 2.64. The van der Waals surface area contributed by atoms with Crippen molar-refractivity contribution in [1.82, 2.24) is 5.32 Å². The molecule has 2 rings (SSSR count). The zero-order valence-electron chi connectivity index (χ0n) is 12.2. The Bertz CT molecular complexity index is 413. The molecule has 1 fully saturated rings. The maximum atomic E-state index is 3.70. The fraction of sp³-hybridized carbons (Fsp3) is 0.625. The minimum Gasteiger partial charge on any atom is -0.374 e. The van der Waals surface area contributed by atoms with E-state index in [1.54, 1.807) is 0 Å². The molecule has 1 aromatic carbocycles. The van der Waals surface area contributed by atoms with Crippen molar-refractivity contribution in [2.75, 3.05) is 18.5 Å². The molecule has 2 nitrogen and oxygen atoms in total. The molecule has 1 aliphatic carbocycles. The Labute approximate surface area is 125 Å². The van der Waals surface area contributed by atoms with Gasteiger partial charge in [0.1, 0.15) is 0 Å². The van der Waals surface area contributed by atoms with Gasteiger partial charge in [0.2, 0.25) is 0 Å². The molecule has 0 bridgehead atoms. The van der Waals surface area contributed by atoms with Crippen LogP contribution >= 0.6 is 15.9 Å². The first-order valence-electron chi connectivity index (χ1n) is 7.29. The van der Waals surface area contributed by atoms with E-state index in [4.69, 9.17) is 0 Å². The first kappa shape index (κ1) is 14.9. The van der Waals surface area contributed by atoms with E-state index < -0.39 is 0 Å². The Morgan fingerprint density at radius 3 is 2.63 bits per heavy atom. The molecule has 0 heterocycles. The smallest absolute Gasteiger partial charge is 0.0375 e. The summed E-state index contributed by atoms with van der Waals surface area (Å²) >= 11 is 3.70. The average molecular weight is 325 g/mol. The summed E-state index contributed by atoms with van der Waals surface area (Å²) in [4.78, 5) is 2.38. The van der Waals surface area contributed by atoms with E-state index in [2.05, 4.69) is 65.2 Å². The van der Waals surface area contributed by atoms with Gasteiger partial charge in [0.05, 0.1) is 0 Å². The molecule has 0 aliphatic heterocycles. The third-order valence-electron chi connectivity index (χ3n) is 3.93. The minimum absolute atomic E-state index is 0.521. The molecule has 0 amide bonds. The Kier molecular flexibility index (Phi) is 5.28. The van der Waals surface area contributed by atoms with E-state index in [0.717, 1.165) is 12.5 Å². The van der Waals surface area contributed by atoms with Crippen molar-refractivity contribution >= 4 is 21.6 Å². The van der Waals surface area contributed by atoms with Crippen molar-refractivity contribution in [3.63, 3.8) is 0 Å². The summed E-state index contributed by atoms with van der Waals surface area (Å²) < 4.78 is 1.21. The second-order valence-electron chi connectivity index (χ2n) is 5.99. The molecule has 1 aromatic rings. The number of nitrogens with zero attached hydrogens (tertiary/aromatic N) is 1. The zero-order chi connectivity index (χ0) is 13.8. The highest BCUT2D eigenvalue weighted by atomic mass is 79.9. The van der Waals surface area contributed by atoms with E-state index >= 15 is 0 Å². The third-order valence-corrected chi connectivity index (χ3v) is 4.67. The fourth-order valence-corrected chi connectivity index (χ4v) is 2.91. The molecule has 0 aromatic heterocycles. The molecule has 3 heteroatoms. The predicted molar refractivity (Wildman–Crippen MR) is 86.7 cm³/mol. The highest BCUT2D eigenvalue weighted by Crippen LogP contribution is 2.30. The van der Waals surface area contributed by atoms with Crippen molar-refractivity contribution in [2.45, 2.75) is 45.7 Å². The number of halogens is 1. The summed E-state index contributed by atoms with van der Waals surface area (Å²) in [6.45, 7) is 6.46. The van der Waals surface area contributed by atoms with Gasteiger partial charge in [-0.3, -0.25) is 0 Å². The van der Waals surface area contributed by atoms with Gasteiger partial charge in [0.15, 0.2) is 0 Å². The second-order valence-corrected chi connectivity index (χ2v) is 6.84. The Morgan fingerprint density at radius 2 is 2.11 bits per heavy atom. The van der Waals surface area contributed by atoms with Gasteiger partial charge in [-0.15, -0.1) is 0 Å². The molecule has 0 unspecified atom stereocenters. The average Bonchev–Trinajstić information content (AvgIpc) is 2.31. The van der Waals surface area contributed by atoms with Gasteiger partial charge in [-0.25, -0.2) is 0 Å². The van der Waals surface area contributed by atoms with Crippen LogP contribution < -0.4 is 10.2 Å². The second kappa shape index (κ2) is 6.76. The first-order valence-corrected chi connectivity index (χ1v) is 8.08. The molecule has 1 saturated carbocycles. The maximum Gasteiger partial charge on any atom is 0.0375 e. The SMILES string of the molecule is CC(C)NCc1ccc(N(C)CC2CCC2)cc1Br. The quantitative estimate of drug-likeness (QED) is 0.844. The molecular weight excluding hydrogens is 300 g/mol. The number of anilines is 1. The Hall–Kier alpha value is -0.540. The van der Waals surface area contributed by atoms with E-state index in [-0.39, 0.29) is 0 Å². The summed E-state index contributed by atoms with van der Waals surface area (Å²) in [5, 5.41) is 3.46. The van der Waals surface area contributed by atoms with Crippen LogP contribution in [-0.4, -0.2) is 19.6 Å². The predicted octanol–water partition coefficient (Wildman–Crippen LogP) is 4.18. The van der Waals surface area contributed by atoms with Gasteiger partial charge in [0, 0.05) is 36.3 Å². The molecule has 19 heavy (non-hydrogen) atoms. The Morgan fingerprint density at radius 1 is 1.37 bits per heavy atom. The van der Waals surface area contributed by atoms with E-state index in [0.29, 0.717) is 6.04 Å². The Balaban J connectivity index is 1.96. The maximum absolute atomic E-state index is 3.70. The lowest BCUT2D eigenvalue weighted by Gasteiger charge is -2.31. The summed E-state index contributed by atoms with van der Waals surface area (Å²) in [7, 11) is 2.20. The van der Waals surface area contributed by atoms with Gasteiger partial charge in [-0.2, -0.15) is 0 Å². The highest BCUT2D eigenvalue weighted by Gasteiger charge is 2.19. The molecule has 0 saturated heterocycles. The van der Waals surface area contributed by atoms with Crippen LogP contribution in [0.15, 0.2) is 22.7 Å². The van der Waals surface area contributed by atoms with E-state index in [9.17, 15) is 0 Å². The summed E-state index contributed by atoms with van der Waals surface area (Å²) in [6.07, 6.45) is 4.23. The normalized spacial score (nSPS) is 15.6. The van der Waals surface area contributed by atoms with Gasteiger partial charge in [-0.1, -0.05) is 42.3 Å². The molecular formula is C16H25BrN2. The van der Waals surface area contributed by atoms with E-state index in [1.165, 1.54) is 41.5 Å². The van der Waals surface area contributed by atoms with Crippen molar-refractivity contribution in [3.8, 4) is 0 Å². The van der Waals surface area contributed by atoms with Crippen LogP contribution in [0.5, 0.6) is 0 Å². The van der Waals surface area contributed by atoms with Crippen molar-refractivity contribution in [2.24, 2.45) is 5.92 Å². The molecule has 1 aliphatic rings. The van der Waals surface area contributed by atoms with Crippen LogP contribution in [0.25, 0.3) is 0 Å². The summed E-state index contributed by atoms with van der Waals surface area (Å²) in [5.74, 6) is 0.908. The van der Waals surface area contributed by atoms with Gasteiger partial charge >= 0.3 is 0 Å². The van der Waals surface area contributed by atoms with Crippen LogP contribution in [0.3, 0.4) is 0 Å². The van der Waals surface area contributed by atoms with Crippen molar-refractivity contribution in [1.29, 1.82) is 0 Å². The number of rotatable bonds is 6. The lowest BCUT2D eigenvalue weighted by Crippen LogP contribution is -2.29. The van der Waals surface area contributed by atoms with Crippen molar-refractivity contribution < 1.29 is 0 Å². The van der Waals surface area contributed by atoms with Gasteiger partial charge in [-0.05, 0) is 36.5 Å². The molecule has 0 spiro atoms. The monoisotopic (exact) mass is 324 g/mol. The van der Waals surface area contributed by atoms with Crippen LogP contribution in [0.4, 0.5) is 5.69 Å². The van der Waals surface area contributed by atoms with Crippen LogP contribution in [0.1, 0.15) is 38.7 Å². The summed E-state index contributed by atoms with van der Waals surface area (Å²) in [6, 6.07) is 7.23. The topological polar surface area (TPSA) is 15.3 Å². The molecule has 0 atom stereocenters. The van der Waals surface area contributed by atoms with Gasteiger partial charge in [0.25, 0.3) is 0 Å². The van der Waals surface area contributed by atoms with Crippen LogP contribution in [0.2, 0.25) is 0 Å². The number of benzene rings is 1.